The highest BCUT2D eigenvalue weighted by Crippen LogP contribution is 2.28. The standard InChI is InChI=1S/C18H25N3O/c1-12-8-9-13(2)15(10-12)16-14(3)11-21(19-16)18(4,5)17(22)20(6)7/h8-11H,1-7H3. The Morgan fingerprint density at radius 2 is 1.77 bits per heavy atom. The molecule has 1 aromatic carbocycles. The quantitative estimate of drug-likeness (QED) is 0.872. The maximum Gasteiger partial charge on any atom is 0.249 e. The Balaban J connectivity index is 2.53. The van der Waals surface area contributed by atoms with Crippen LogP contribution in [0.25, 0.3) is 11.3 Å². The number of aromatic nitrogens is 2. The number of benzene rings is 1. The summed E-state index contributed by atoms with van der Waals surface area (Å²) in [4.78, 5) is 14.0. The maximum atomic E-state index is 12.4. The first kappa shape index (κ1) is 16.3. The third-order valence-corrected chi connectivity index (χ3v) is 4.05. The van der Waals surface area contributed by atoms with Gasteiger partial charge in [0.1, 0.15) is 5.54 Å². The van der Waals surface area contributed by atoms with Gasteiger partial charge in [-0.2, -0.15) is 5.10 Å². The summed E-state index contributed by atoms with van der Waals surface area (Å²) in [5.41, 5.74) is 4.84. The molecule has 4 heteroatoms. The number of carbonyl (C=O) groups is 1. The second-order valence-corrected chi connectivity index (χ2v) is 6.68. The third kappa shape index (κ3) is 2.78. The molecule has 4 nitrogen and oxygen atoms in total. The van der Waals surface area contributed by atoms with E-state index in [2.05, 4.69) is 32.0 Å². The first-order valence-electron chi connectivity index (χ1n) is 7.50. The third-order valence-electron chi connectivity index (χ3n) is 4.05. The molecule has 2 aromatic rings. The number of amides is 1. The normalized spacial score (nSPS) is 11.6. The lowest BCUT2D eigenvalue weighted by molar-refractivity contribution is -0.137. The lowest BCUT2D eigenvalue weighted by Crippen LogP contribution is -2.44. The molecule has 2 rings (SSSR count). The second-order valence-electron chi connectivity index (χ2n) is 6.68. The predicted octanol–water partition coefficient (Wildman–Crippen LogP) is 3.30. The maximum absolute atomic E-state index is 12.4. The number of hydrogen-bond acceptors (Lipinski definition) is 2. The summed E-state index contributed by atoms with van der Waals surface area (Å²) in [6.07, 6.45) is 1.96. The van der Waals surface area contributed by atoms with Gasteiger partial charge in [0.15, 0.2) is 0 Å². The minimum Gasteiger partial charge on any atom is -0.347 e. The van der Waals surface area contributed by atoms with Crippen molar-refractivity contribution >= 4 is 5.91 Å². The van der Waals surface area contributed by atoms with Crippen molar-refractivity contribution in [3.05, 3.63) is 41.1 Å². The summed E-state index contributed by atoms with van der Waals surface area (Å²) in [6, 6.07) is 6.36. The van der Waals surface area contributed by atoms with Gasteiger partial charge < -0.3 is 4.90 Å². The number of carbonyl (C=O) groups excluding carboxylic acids is 1. The summed E-state index contributed by atoms with van der Waals surface area (Å²) in [5.74, 6) is 0.0301. The molecule has 118 valence electrons. The molecule has 0 aliphatic carbocycles. The van der Waals surface area contributed by atoms with Crippen molar-refractivity contribution in [3.8, 4) is 11.3 Å². The fraction of sp³-hybridized carbons (Fsp3) is 0.444. The van der Waals surface area contributed by atoms with Gasteiger partial charge >= 0.3 is 0 Å². The lowest BCUT2D eigenvalue weighted by Gasteiger charge is -2.27. The van der Waals surface area contributed by atoms with Crippen molar-refractivity contribution in [2.75, 3.05) is 14.1 Å². The summed E-state index contributed by atoms with van der Waals surface area (Å²) < 4.78 is 1.78. The van der Waals surface area contributed by atoms with Crippen LogP contribution in [0.3, 0.4) is 0 Å². The average molecular weight is 299 g/mol. The van der Waals surface area contributed by atoms with Gasteiger partial charge in [0, 0.05) is 25.9 Å². The second kappa shape index (κ2) is 5.59. The molecule has 0 radical (unpaired) electrons. The molecule has 0 saturated carbocycles. The Morgan fingerprint density at radius 3 is 2.36 bits per heavy atom. The van der Waals surface area contributed by atoms with Gasteiger partial charge in [0.25, 0.3) is 0 Å². The van der Waals surface area contributed by atoms with E-state index in [4.69, 9.17) is 5.10 Å². The van der Waals surface area contributed by atoms with Crippen LogP contribution in [0, 0.1) is 20.8 Å². The highest BCUT2D eigenvalue weighted by Gasteiger charge is 2.32. The molecule has 0 aliphatic heterocycles. The van der Waals surface area contributed by atoms with E-state index in [0.29, 0.717) is 0 Å². The molecule has 1 heterocycles. The molecule has 0 fully saturated rings. The van der Waals surface area contributed by atoms with E-state index in [9.17, 15) is 4.79 Å². The van der Waals surface area contributed by atoms with Crippen molar-refractivity contribution in [3.63, 3.8) is 0 Å². The van der Waals surface area contributed by atoms with E-state index in [1.165, 1.54) is 11.1 Å². The zero-order valence-electron chi connectivity index (χ0n) is 14.6. The summed E-state index contributed by atoms with van der Waals surface area (Å²) in [6.45, 7) is 10.00. The number of rotatable bonds is 3. The molecule has 0 N–H and O–H groups in total. The molecule has 1 amide bonds. The SMILES string of the molecule is Cc1ccc(C)c(-c2nn(C(C)(C)C(=O)N(C)C)cc2C)c1. The smallest absolute Gasteiger partial charge is 0.249 e. The molecule has 22 heavy (non-hydrogen) atoms. The van der Waals surface area contributed by atoms with Crippen molar-refractivity contribution in [1.82, 2.24) is 14.7 Å². The largest absolute Gasteiger partial charge is 0.347 e. The topological polar surface area (TPSA) is 38.1 Å². The highest BCUT2D eigenvalue weighted by molar-refractivity contribution is 5.83. The number of likely N-dealkylation sites (N-methyl/N-ethyl adjacent to an activating group) is 1. The molecule has 0 spiro atoms. The Kier molecular flexibility index (Phi) is 4.14. The van der Waals surface area contributed by atoms with Gasteiger partial charge in [0.2, 0.25) is 5.91 Å². The van der Waals surface area contributed by atoms with Gasteiger partial charge in [-0.05, 0) is 51.8 Å². The first-order valence-corrected chi connectivity index (χ1v) is 7.50. The summed E-state index contributed by atoms with van der Waals surface area (Å²) in [7, 11) is 3.54. The van der Waals surface area contributed by atoms with Crippen molar-refractivity contribution < 1.29 is 4.79 Å². The molecule has 0 saturated heterocycles. The minimum absolute atomic E-state index is 0.0301. The van der Waals surface area contributed by atoms with E-state index in [-0.39, 0.29) is 5.91 Å². The van der Waals surface area contributed by atoms with Crippen molar-refractivity contribution in [1.29, 1.82) is 0 Å². The van der Waals surface area contributed by atoms with E-state index in [0.717, 1.165) is 16.8 Å². The van der Waals surface area contributed by atoms with Crippen LogP contribution in [0.15, 0.2) is 24.4 Å². The van der Waals surface area contributed by atoms with Gasteiger partial charge in [0.05, 0.1) is 5.69 Å². The molecule has 0 atom stereocenters. The van der Waals surface area contributed by atoms with E-state index < -0.39 is 5.54 Å². The van der Waals surface area contributed by atoms with Gasteiger partial charge in [-0.1, -0.05) is 17.7 Å². The number of nitrogens with zero attached hydrogens (tertiary/aromatic N) is 3. The molecule has 0 bridgehead atoms. The Hall–Kier alpha value is -2.10. The zero-order valence-corrected chi connectivity index (χ0v) is 14.6. The van der Waals surface area contributed by atoms with Crippen LogP contribution in [0.5, 0.6) is 0 Å². The van der Waals surface area contributed by atoms with Crippen LogP contribution in [-0.4, -0.2) is 34.7 Å². The van der Waals surface area contributed by atoms with E-state index in [1.807, 2.05) is 27.0 Å². The molecular formula is C18H25N3O. The molecule has 0 unspecified atom stereocenters. The fourth-order valence-electron chi connectivity index (χ4n) is 2.65. The Morgan fingerprint density at radius 1 is 1.14 bits per heavy atom. The predicted molar refractivity (Wildman–Crippen MR) is 89.9 cm³/mol. The fourth-order valence-corrected chi connectivity index (χ4v) is 2.65. The van der Waals surface area contributed by atoms with Gasteiger partial charge in [-0.3, -0.25) is 9.48 Å². The molecule has 0 aliphatic rings. The van der Waals surface area contributed by atoms with Crippen molar-refractivity contribution in [2.24, 2.45) is 0 Å². The van der Waals surface area contributed by atoms with Gasteiger partial charge in [-0.15, -0.1) is 0 Å². The van der Waals surface area contributed by atoms with E-state index >= 15 is 0 Å². The van der Waals surface area contributed by atoms with Crippen LogP contribution in [0.4, 0.5) is 0 Å². The van der Waals surface area contributed by atoms with Crippen LogP contribution in [0.1, 0.15) is 30.5 Å². The Labute approximate surface area is 132 Å². The van der Waals surface area contributed by atoms with Crippen LogP contribution < -0.4 is 0 Å². The molecule has 1 aromatic heterocycles. The van der Waals surface area contributed by atoms with Crippen LogP contribution >= 0.6 is 0 Å². The first-order chi connectivity index (χ1) is 10.1. The zero-order chi connectivity index (χ0) is 16.7. The van der Waals surface area contributed by atoms with Crippen molar-refractivity contribution in [2.45, 2.75) is 40.2 Å². The van der Waals surface area contributed by atoms with Crippen LogP contribution in [-0.2, 0) is 10.3 Å². The highest BCUT2D eigenvalue weighted by atomic mass is 16.2. The number of hydrogen-bond donors (Lipinski definition) is 0. The van der Waals surface area contributed by atoms with Gasteiger partial charge in [-0.25, -0.2) is 0 Å². The lowest BCUT2D eigenvalue weighted by atomic mass is 10.0. The minimum atomic E-state index is -0.704. The average Bonchev–Trinajstić information content (AvgIpc) is 2.83. The monoisotopic (exact) mass is 299 g/mol. The van der Waals surface area contributed by atoms with E-state index in [1.54, 1.807) is 23.7 Å². The number of aryl methyl sites for hydroxylation is 3. The summed E-state index contributed by atoms with van der Waals surface area (Å²) in [5, 5.41) is 4.73. The van der Waals surface area contributed by atoms with Crippen LogP contribution in [0.2, 0.25) is 0 Å². The Bertz CT molecular complexity index is 711. The summed E-state index contributed by atoms with van der Waals surface area (Å²) >= 11 is 0. The molecular weight excluding hydrogens is 274 g/mol.